The number of carbonyl (C=O) groups is 1. The molecule has 3 rings (SSSR count). The maximum Gasteiger partial charge on any atom is 0.407 e. The highest BCUT2D eigenvalue weighted by Gasteiger charge is 2.25. The Kier molecular flexibility index (Phi) is 4.27. The first-order chi connectivity index (χ1) is 11.4. The van der Waals surface area contributed by atoms with Crippen molar-refractivity contribution in [2.24, 2.45) is 0 Å². The van der Waals surface area contributed by atoms with Crippen molar-refractivity contribution in [2.45, 2.75) is 13.0 Å². The van der Waals surface area contributed by atoms with Crippen LogP contribution in [0.15, 0.2) is 27.6 Å². The van der Waals surface area contributed by atoms with Crippen molar-refractivity contribution in [3.8, 4) is 11.6 Å². The summed E-state index contributed by atoms with van der Waals surface area (Å²) in [5.74, 6) is -0.530. The van der Waals surface area contributed by atoms with E-state index in [0.29, 0.717) is 17.7 Å². The first kappa shape index (κ1) is 16.4. The molecule has 1 aliphatic heterocycles. The van der Waals surface area contributed by atoms with Crippen LogP contribution in [-0.2, 0) is 13.0 Å². The summed E-state index contributed by atoms with van der Waals surface area (Å²) >= 11 is 2.99. The average Bonchev–Trinajstić information content (AvgIpc) is 2.56. The van der Waals surface area contributed by atoms with Crippen LogP contribution in [0.4, 0.5) is 9.18 Å². The number of rotatable bonds is 2. The van der Waals surface area contributed by atoms with Gasteiger partial charge < -0.3 is 14.7 Å². The topological polar surface area (TPSA) is 84.7 Å². The minimum atomic E-state index is -1.02. The quantitative estimate of drug-likeness (QED) is 0.785. The highest BCUT2D eigenvalue weighted by molar-refractivity contribution is 9.10. The fourth-order valence-electron chi connectivity index (χ4n) is 2.74. The normalized spacial score (nSPS) is 13.5. The molecule has 2 aromatic heterocycles. The zero-order valence-electron chi connectivity index (χ0n) is 12.6. The minimum absolute atomic E-state index is 0.0157. The molecule has 24 heavy (non-hydrogen) atoms. The van der Waals surface area contributed by atoms with Crippen molar-refractivity contribution in [2.75, 3.05) is 13.7 Å². The van der Waals surface area contributed by atoms with E-state index >= 15 is 0 Å². The molecule has 7 nitrogen and oxygen atoms in total. The van der Waals surface area contributed by atoms with E-state index < -0.39 is 11.9 Å². The molecular weight excluding hydrogens is 385 g/mol. The van der Waals surface area contributed by atoms with Crippen molar-refractivity contribution < 1.29 is 19.0 Å². The largest absolute Gasteiger partial charge is 0.479 e. The third-order valence-corrected chi connectivity index (χ3v) is 4.41. The van der Waals surface area contributed by atoms with Gasteiger partial charge in [0.2, 0.25) is 5.88 Å². The van der Waals surface area contributed by atoms with E-state index in [0.717, 1.165) is 0 Å². The first-order valence-electron chi connectivity index (χ1n) is 7.04. The van der Waals surface area contributed by atoms with E-state index in [1.54, 1.807) is 6.07 Å². The molecule has 0 aliphatic carbocycles. The van der Waals surface area contributed by atoms with Gasteiger partial charge in [-0.05, 0) is 27.6 Å². The Bertz CT molecular complexity index is 884. The highest BCUT2D eigenvalue weighted by Crippen LogP contribution is 2.28. The van der Waals surface area contributed by atoms with Crippen LogP contribution in [0.2, 0.25) is 0 Å². The molecule has 1 amide bonds. The lowest BCUT2D eigenvalue weighted by molar-refractivity contribution is 0.139. The summed E-state index contributed by atoms with van der Waals surface area (Å²) < 4.78 is 20.4. The summed E-state index contributed by atoms with van der Waals surface area (Å²) in [6.07, 6.45) is -0.689. The van der Waals surface area contributed by atoms with Crippen LogP contribution in [0.3, 0.4) is 0 Å². The number of halogens is 2. The predicted octanol–water partition coefficient (Wildman–Crippen LogP) is 2.18. The Balaban J connectivity index is 2.20. The predicted molar refractivity (Wildman–Crippen MR) is 86.2 cm³/mol. The van der Waals surface area contributed by atoms with Gasteiger partial charge in [-0.25, -0.2) is 14.2 Å². The van der Waals surface area contributed by atoms with Gasteiger partial charge in [0.25, 0.3) is 5.56 Å². The third-order valence-electron chi connectivity index (χ3n) is 3.85. The van der Waals surface area contributed by atoms with Crippen molar-refractivity contribution in [1.29, 1.82) is 0 Å². The fraction of sp³-hybridized carbons (Fsp3) is 0.267. The SMILES string of the molecule is COc1nc(Br)c(F)cc1-n1c2c(ccc1=O)CN(C(=O)O)CC2. The number of nitrogens with zero attached hydrogens (tertiary/aromatic N) is 3. The van der Waals surface area contributed by atoms with E-state index in [2.05, 4.69) is 20.9 Å². The van der Waals surface area contributed by atoms with Gasteiger partial charge in [-0.1, -0.05) is 0 Å². The van der Waals surface area contributed by atoms with Gasteiger partial charge in [0, 0.05) is 30.8 Å². The summed E-state index contributed by atoms with van der Waals surface area (Å²) in [6, 6.07) is 4.09. The summed E-state index contributed by atoms with van der Waals surface area (Å²) in [6.45, 7) is 0.417. The second-order valence-corrected chi connectivity index (χ2v) is 5.97. The van der Waals surface area contributed by atoms with Gasteiger partial charge in [0.05, 0.1) is 13.7 Å². The van der Waals surface area contributed by atoms with Gasteiger partial charge in [-0.3, -0.25) is 9.36 Å². The molecule has 1 N–H and O–H groups in total. The fourth-order valence-corrected chi connectivity index (χ4v) is 3.02. The van der Waals surface area contributed by atoms with Crippen molar-refractivity contribution in [1.82, 2.24) is 14.5 Å². The number of fused-ring (bicyclic) bond motifs is 1. The summed E-state index contributed by atoms with van der Waals surface area (Å²) in [7, 11) is 1.38. The number of hydrogen-bond donors (Lipinski definition) is 1. The molecule has 0 aromatic carbocycles. The molecule has 2 aromatic rings. The molecule has 126 valence electrons. The van der Waals surface area contributed by atoms with Crippen LogP contribution < -0.4 is 10.3 Å². The highest BCUT2D eigenvalue weighted by atomic mass is 79.9. The maximum absolute atomic E-state index is 13.9. The maximum atomic E-state index is 13.9. The lowest BCUT2D eigenvalue weighted by Gasteiger charge is -2.28. The number of hydrogen-bond acceptors (Lipinski definition) is 4. The Morgan fingerprint density at radius 3 is 2.88 bits per heavy atom. The van der Waals surface area contributed by atoms with Gasteiger partial charge >= 0.3 is 6.09 Å². The standard InChI is InChI=1S/C15H13BrFN3O4/c1-24-14-11(6-9(17)13(16)18-14)20-10-4-5-19(15(22)23)7-8(10)2-3-12(20)21/h2-3,6H,4-5,7H2,1H3,(H,22,23). The molecule has 0 spiro atoms. The molecule has 0 fully saturated rings. The first-order valence-corrected chi connectivity index (χ1v) is 7.83. The van der Waals surface area contributed by atoms with E-state index in [4.69, 9.17) is 9.84 Å². The minimum Gasteiger partial charge on any atom is -0.479 e. The summed E-state index contributed by atoms with van der Waals surface area (Å²) in [5.41, 5.74) is 1.14. The molecule has 3 heterocycles. The number of pyridine rings is 2. The summed E-state index contributed by atoms with van der Waals surface area (Å²) in [5, 5.41) is 9.13. The average molecular weight is 398 g/mol. The Morgan fingerprint density at radius 2 is 2.21 bits per heavy atom. The van der Waals surface area contributed by atoms with Crippen molar-refractivity contribution in [3.05, 3.63) is 50.2 Å². The smallest absolute Gasteiger partial charge is 0.407 e. The van der Waals surface area contributed by atoms with Crippen LogP contribution in [0.1, 0.15) is 11.3 Å². The van der Waals surface area contributed by atoms with Crippen LogP contribution in [0.5, 0.6) is 5.88 Å². The van der Waals surface area contributed by atoms with E-state index in [1.807, 2.05) is 0 Å². The number of ether oxygens (including phenoxy) is 1. The van der Waals surface area contributed by atoms with Crippen LogP contribution in [-0.4, -0.2) is 39.3 Å². The molecule has 0 radical (unpaired) electrons. The molecule has 1 aliphatic rings. The second-order valence-electron chi connectivity index (χ2n) is 5.22. The number of carboxylic acid groups (broad SMARTS) is 1. The lowest BCUT2D eigenvalue weighted by Crippen LogP contribution is -2.38. The van der Waals surface area contributed by atoms with Crippen LogP contribution in [0.25, 0.3) is 5.69 Å². The molecule has 0 atom stereocenters. The van der Waals surface area contributed by atoms with E-state index in [9.17, 15) is 14.0 Å². The number of amides is 1. The molecular formula is C15H13BrFN3O4. The molecule has 0 bridgehead atoms. The molecule has 0 unspecified atom stereocenters. The zero-order valence-corrected chi connectivity index (χ0v) is 14.2. The van der Waals surface area contributed by atoms with Gasteiger partial charge in [-0.2, -0.15) is 0 Å². The monoisotopic (exact) mass is 397 g/mol. The summed E-state index contributed by atoms with van der Waals surface area (Å²) in [4.78, 5) is 28.7. The number of methoxy groups -OCH3 is 1. The molecule has 0 saturated heterocycles. The lowest BCUT2D eigenvalue weighted by atomic mass is 10.0. The third kappa shape index (κ3) is 2.75. The van der Waals surface area contributed by atoms with Gasteiger partial charge in [-0.15, -0.1) is 0 Å². The molecule has 0 saturated carbocycles. The number of aromatic nitrogens is 2. The van der Waals surface area contributed by atoms with E-state index in [1.165, 1.54) is 28.7 Å². The van der Waals surface area contributed by atoms with Crippen LogP contribution in [0, 0.1) is 5.82 Å². The van der Waals surface area contributed by atoms with Crippen LogP contribution >= 0.6 is 15.9 Å². The van der Waals surface area contributed by atoms with Gasteiger partial charge in [0.1, 0.15) is 10.3 Å². The van der Waals surface area contributed by atoms with E-state index in [-0.39, 0.29) is 34.8 Å². The molecule has 9 heteroatoms. The Morgan fingerprint density at radius 1 is 1.46 bits per heavy atom. The zero-order chi connectivity index (χ0) is 17.4. The van der Waals surface area contributed by atoms with Crippen molar-refractivity contribution in [3.63, 3.8) is 0 Å². The van der Waals surface area contributed by atoms with Crippen molar-refractivity contribution >= 4 is 22.0 Å². The Hall–Kier alpha value is -2.42. The second kappa shape index (κ2) is 6.23. The Labute approximate surface area is 144 Å². The van der Waals surface area contributed by atoms with Gasteiger partial charge in [0.15, 0.2) is 5.82 Å².